The first-order chi connectivity index (χ1) is 11.0. The first-order valence-electron chi connectivity index (χ1n) is 6.87. The summed E-state index contributed by atoms with van der Waals surface area (Å²) < 4.78 is 10.4. The molecule has 2 rings (SSSR count). The summed E-state index contributed by atoms with van der Waals surface area (Å²) >= 11 is 0. The summed E-state index contributed by atoms with van der Waals surface area (Å²) in [5.74, 6) is 1.95. The zero-order chi connectivity index (χ0) is 16.8. The zero-order valence-corrected chi connectivity index (χ0v) is 13.2. The Hall–Kier alpha value is -3.03. The van der Waals surface area contributed by atoms with Crippen LogP contribution in [-0.2, 0) is 6.54 Å². The molecule has 0 fully saturated rings. The second-order valence-corrected chi connectivity index (χ2v) is 4.72. The third kappa shape index (κ3) is 4.22. The van der Waals surface area contributed by atoms with E-state index in [1.54, 1.807) is 39.3 Å². The lowest BCUT2D eigenvalue weighted by atomic mass is 10.2. The fourth-order valence-corrected chi connectivity index (χ4v) is 1.88. The molecule has 0 amide bonds. The molecule has 2 aromatic rings. The summed E-state index contributed by atoms with van der Waals surface area (Å²) in [5, 5.41) is 2.93. The minimum absolute atomic E-state index is 0.119. The van der Waals surface area contributed by atoms with Gasteiger partial charge in [0, 0.05) is 12.3 Å². The van der Waals surface area contributed by atoms with Crippen molar-refractivity contribution in [2.75, 3.05) is 19.5 Å². The third-order valence-electron chi connectivity index (χ3n) is 3.09. The van der Waals surface area contributed by atoms with Gasteiger partial charge in [-0.15, -0.1) is 0 Å². The fraction of sp³-hybridized carbons (Fsp3) is 0.267. The Morgan fingerprint density at radius 3 is 2.83 bits per heavy atom. The van der Waals surface area contributed by atoms with Crippen molar-refractivity contribution in [3.63, 3.8) is 0 Å². The van der Waals surface area contributed by atoms with E-state index < -0.39 is 0 Å². The van der Waals surface area contributed by atoms with Gasteiger partial charge in [-0.1, -0.05) is 0 Å². The van der Waals surface area contributed by atoms with Crippen molar-refractivity contribution in [1.29, 1.82) is 0 Å². The molecule has 8 nitrogen and oxygen atoms in total. The molecule has 0 atom stereocenters. The lowest BCUT2D eigenvalue weighted by Gasteiger charge is -2.12. The van der Waals surface area contributed by atoms with E-state index >= 15 is 0 Å². The Morgan fingerprint density at radius 1 is 1.39 bits per heavy atom. The van der Waals surface area contributed by atoms with Gasteiger partial charge in [0.25, 0.3) is 5.56 Å². The number of nitrogens with one attached hydrogen (secondary N) is 2. The topological polar surface area (TPSA) is 115 Å². The highest BCUT2D eigenvalue weighted by atomic mass is 16.5. The molecule has 4 N–H and O–H groups in total. The van der Waals surface area contributed by atoms with Crippen LogP contribution >= 0.6 is 0 Å². The average Bonchev–Trinajstić information content (AvgIpc) is 2.54. The van der Waals surface area contributed by atoms with E-state index in [0.717, 1.165) is 0 Å². The molecule has 0 aliphatic heterocycles. The van der Waals surface area contributed by atoms with Crippen molar-refractivity contribution in [2.45, 2.75) is 13.5 Å². The first-order valence-corrected chi connectivity index (χ1v) is 6.87. The van der Waals surface area contributed by atoms with Crippen LogP contribution in [0.25, 0.3) is 0 Å². The quantitative estimate of drug-likeness (QED) is 0.560. The molecule has 0 radical (unpaired) electrons. The maximum Gasteiger partial charge on any atom is 0.255 e. The standard InChI is InChI=1S/C15H19N5O3/c1-9-17-7-10(14(21)19-9)8-18-15(16)20-12-6-11(22-2)4-5-13(12)23-3/h4-7H,8H2,1-3H3,(H3,16,18,20)(H,17,19,21). The van der Waals surface area contributed by atoms with Crippen molar-refractivity contribution < 1.29 is 9.47 Å². The van der Waals surface area contributed by atoms with Crippen molar-refractivity contribution >= 4 is 11.6 Å². The lowest BCUT2D eigenvalue weighted by Crippen LogP contribution is -2.24. The highest BCUT2D eigenvalue weighted by Crippen LogP contribution is 2.28. The van der Waals surface area contributed by atoms with Gasteiger partial charge >= 0.3 is 0 Å². The number of hydrogen-bond acceptors (Lipinski definition) is 5. The smallest absolute Gasteiger partial charge is 0.255 e. The number of methoxy groups -OCH3 is 2. The monoisotopic (exact) mass is 317 g/mol. The van der Waals surface area contributed by atoms with E-state index in [1.807, 2.05) is 0 Å². The van der Waals surface area contributed by atoms with Crippen LogP contribution in [0.1, 0.15) is 11.4 Å². The predicted molar refractivity (Wildman–Crippen MR) is 88.1 cm³/mol. The number of aromatic nitrogens is 2. The number of nitrogens with two attached hydrogens (primary N) is 1. The number of nitrogens with zero attached hydrogens (tertiary/aromatic N) is 2. The summed E-state index contributed by atoms with van der Waals surface area (Å²) in [4.78, 5) is 22.5. The Bertz CT molecular complexity index is 770. The van der Waals surface area contributed by atoms with Crippen molar-refractivity contribution in [3.8, 4) is 11.5 Å². The normalized spacial score (nSPS) is 11.2. The van der Waals surface area contributed by atoms with Crippen molar-refractivity contribution in [1.82, 2.24) is 9.97 Å². The van der Waals surface area contributed by atoms with Gasteiger partial charge in [-0.2, -0.15) is 0 Å². The molecule has 0 saturated heterocycles. The Kier molecular flexibility index (Phi) is 5.19. The van der Waals surface area contributed by atoms with Crippen LogP contribution < -0.4 is 26.1 Å². The summed E-state index contributed by atoms with van der Waals surface area (Å²) in [6, 6.07) is 5.26. The van der Waals surface area contributed by atoms with Gasteiger partial charge in [0.05, 0.1) is 32.0 Å². The van der Waals surface area contributed by atoms with Crippen LogP contribution in [0.15, 0.2) is 34.2 Å². The Morgan fingerprint density at radius 2 is 2.17 bits per heavy atom. The van der Waals surface area contributed by atoms with Crippen LogP contribution in [0.3, 0.4) is 0 Å². The molecule has 122 valence electrons. The van der Waals surface area contributed by atoms with E-state index in [-0.39, 0.29) is 18.1 Å². The number of anilines is 1. The molecule has 1 heterocycles. The maximum absolute atomic E-state index is 11.7. The minimum Gasteiger partial charge on any atom is -0.497 e. The summed E-state index contributed by atoms with van der Waals surface area (Å²) in [5.41, 5.74) is 6.67. The van der Waals surface area contributed by atoms with Crippen LogP contribution in [0.5, 0.6) is 11.5 Å². The van der Waals surface area contributed by atoms with E-state index in [9.17, 15) is 4.79 Å². The van der Waals surface area contributed by atoms with E-state index in [2.05, 4.69) is 20.3 Å². The van der Waals surface area contributed by atoms with Crippen LogP contribution in [0.2, 0.25) is 0 Å². The fourth-order valence-electron chi connectivity index (χ4n) is 1.88. The molecule has 0 unspecified atom stereocenters. The summed E-state index contributed by atoms with van der Waals surface area (Å²) in [6.07, 6.45) is 1.48. The molecule has 8 heteroatoms. The highest BCUT2D eigenvalue weighted by molar-refractivity contribution is 5.93. The molecule has 1 aromatic carbocycles. The van der Waals surface area contributed by atoms with Gasteiger partial charge in [-0.25, -0.2) is 9.98 Å². The predicted octanol–water partition coefficient (Wildman–Crippen LogP) is 1.02. The van der Waals surface area contributed by atoms with Crippen LogP contribution in [0, 0.1) is 6.92 Å². The second-order valence-electron chi connectivity index (χ2n) is 4.72. The van der Waals surface area contributed by atoms with Gasteiger partial charge in [0.1, 0.15) is 17.3 Å². The highest BCUT2D eigenvalue weighted by Gasteiger charge is 2.06. The van der Waals surface area contributed by atoms with Gasteiger partial charge < -0.3 is 25.5 Å². The Balaban J connectivity index is 2.14. The Labute approximate surface area is 133 Å². The zero-order valence-electron chi connectivity index (χ0n) is 13.2. The summed E-state index contributed by atoms with van der Waals surface area (Å²) in [6.45, 7) is 1.83. The molecular weight excluding hydrogens is 298 g/mol. The van der Waals surface area contributed by atoms with Gasteiger partial charge in [0.15, 0.2) is 5.96 Å². The summed E-state index contributed by atoms with van der Waals surface area (Å²) in [7, 11) is 3.12. The van der Waals surface area contributed by atoms with Gasteiger partial charge in [-0.3, -0.25) is 4.79 Å². The first kappa shape index (κ1) is 16.3. The van der Waals surface area contributed by atoms with E-state index in [0.29, 0.717) is 28.6 Å². The number of benzene rings is 1. The largest absolute Gasteiger partial charge is 0.497 e. The number of H-pyrrole nitrogens is 1. The molecule has 0 aliphatic carbocycles. The van der Waals surface area contributed by atoms with Crippen LogP contribution in [0.4, 0.5) is 5.69 Å². The average molecular weight is 317 g/mol. The number of aliphatic imine (C=N–C) groups is 1. The van der Waals surface area contributed by atoms with Crippen LogP contribution in [-0.4, -0.2) is 30.1 Å². The number of aryl methyl sites for hydroxylation is 1. The maximum atomic E-state index is 11.7. The molecule has 0 aliphatic rings. The molecule has 1 aromatic heterocycles. The van der Waals surface area contributed by atoms with E-state index in [1.165, 1.54) is 6.20 Å². The molecule has 23 heavy (non-hydrogen) atoms. The number of rotatable bonds is 5. The number of aromatic amines is 1. The van der Waals surface area contributed by atoms with E-state index in [4.69, 9.17) is 15.2 Å². The molecule has 0 saturated carbocycles. The lowest BCUT2D eigenvalue weighted by molar-refractivity contribution is 0.405. The number of hydrogen-bond donors (Lipinski definition) is 3. The minimum atomic E-state index is -0.229. The molecule has 0 bridgehead atoms. The third-order valence-corrected chi connectivity index (χ3v) is 3.09. The van der Waals surface area contributed by atoms with Crippen molar-refractivity contribution in [3.05, 3.63) is 46.1 Å². The second kappa shape index (κ2) is 7.30. The van der Waals surface area contributed by atoms with Gasteiger partial charge in [-0.05, 0) is 19.1 Å². The SMILES string of the molecule is COc1ccc(OC)c(NC(N)=NCc2cnc(C)[nH]c2=O)c1. The number of guanidine groups is 1. The van der Waals surface area contributed by atoms with Crippen molar-refractivity contribution in [2.24, 2.45) is 10.7 Å². The molecule has 0 spiro atoms. The molecular formula is C15H19N5O3. The van der Waals surface area contributed by atoms with Gasteiger partial charge in [0.2, 0.25) is 0 Å². The number of ether oxygens (including phenoxy) is 2.